The van der Waals surface area contributed by atoms with E-state index in [0.717, 1.165) is 16.7 Å². The lowest BCUT2D eigenvalue weighted by molar-refractivity contribution is 0.0949. The molecular formula is C24H24N2O3. The first-order valence-corrected chi connectivity index (χ1v) is 9.36. The van der Waals surface area contributed by atoms with Crippen molar-refractivity contribution in [1.29, 1.82) is 0 Å². The molecule has 0 bridgehead atoms. The van der Waals surface area contributed by atoms with Crippen LogP contribution in [0, 0.1) is 13.8 Å². The molecule has 0 aliphatic carbocycles. The summed E-state index contributed by atoms with van der Waals surface area (Å²) in [5, 5.41) is 5.77. The van der Waals surface area contributed by atoms with Crippen molar-refractivity contribution in [3.8, 4) is 5.75 Å². The van der Waals surface area contributed by atoms with E-state index < -0.39 is 0 Å². The first-order valence-electron chi connectivity index (χ1n) is 9.36. The van der Waals surface area contributed by atoms with Crippen molar-refractivity contribution in [2.45, 2.75) is 20.4 Å². The van der Waals surface area contributed by atoms with Gasteiger partial charge in [0.05, 0.1) is 12.8 Å². The molecule has 0 atom stereocenters. The van der Waals surface area contributed by atoms with Gasteiger partial charge in [-0.2, -0.15) is 0 Å². The average Bonchev–Trinajstić information content (AvgIpc) is 2.73. The molecule has 3 aromatic carbocycles. The van der Waals surface area contributed by atoms with Gasteiger partial charge in [0, 0.05) is 17.7 Å². The van der Waals surface area contributed by atoms with Gasteiger partial charge in [0.1, 0.15) is 5.75 Å². The van der Waals surface area contributed by atoms with Gasteiger partial charge < -0.3 is 15.4 Å². The summed E-state index contributed by atoms with van der Waals surface area (Å²) >= 11 is 0. The molecule has 0 spiro atoms. The van der Waals surface area contributed by atoms with E-state index in [2.05, 4.69) is 10.6 Å². The van der Waals surface area contributed by atoms with Crippen LogP contribution in [-0.2, 0) is 6.54 Å². The predicted octanol–water partition coefficient (Wildman–Crippen LogP) is 4.49. The van der Waals surface area contributed by atoms with Crippen molar-refractivity contribution in [3.05, 3.63) is 94.5 Å². The Bertz CT molecular complexity index is 1030. The predicted molar refractivity (Wildman–Crippen MR) is 114 cm³/mol. The number of amides is 2. The number of rotatable bonds is 6. The number of nitrogens with one attached hydrogen (secondary N) is 2. The third-order valence-corrected chi connectivity index (χ3v) is 4.71. The van der Waals surface area contributed by atoms with Crippen molar-refractivity contribution < 1.29 is 14.3 Å². The van der Waals surface area contributed by atoms with Gasteiger partial charge in [0.15, 0.2) is 0 Å². The molecule has 3 aromatic rings. The molecule has 0 fully saturated rings. The van der Waals surface area contributed by atoms with Crippen LogP contribution in [-0.4, -0.2) is 18.9 Å². The van der Waals surface area contributed by atoms with Gasteiger partial charge in [-0.05, 0) is 66.9 Å². The lowest BCUT2D eigenvalue weighted by atomic mass is 10.1. The van der Waals surface area contributed by atoms with Gasteiger partial charge in [0.2, 0.25) is 0 Å². The topological polar surface area (TPSA) is 67.4 Å². The summed E-state index contributed by atoms with van der Waals surface area (Å²) in [6.07, 6.45) is 0. The van der Waals surface area contributed by atoms with Crippen LogP contribution in [0.3, 0.4) is 0 Å². The van der Waals surface area contributed by atoms with Crippen LogP contribution >= 0.6 is 0 Å². The maximum absolute atomic E-state index is 12.6. The number of carbonyl (C=O) groups is 2. The van der Waals surface area contributed by atoms with Gasteiger partial charge in [-0.25, -0.2) is 0 Å². The highest BCUT2D eigenvalue weighted by atomic mass is 16.5. The summed E-state index contributed by atoms with van der Waals surface area (Å²) in [6, 6.07) is 20.1. The van der Waals surface area contributed by atoms with Crippen molar-refractivity contribution in [1.82, 2.24) is 5.32 Å². The maximum Gasteiger partial charge on any atom is 0.255 e. The second-order valence-corrected chi connectivity index (χ2v) is 6.84. The number of hydrogen-bond donors (Lipinski definition) is 2. The summed E-state index contributed by atoms with van der Waals surface area (Å²) < 4.78 is 5.29. The number of methoxy groups -OCH3 is 1. The van der Waals surface area contributed by atoms with E-state index in [-0.39, 0.29) is 11.8 Å². The molecule has 5 heteroatoms. The third-order valence-electron chi connectivity index (χ3n) is 4.71. The Morgan fingerprint density at radius 2 is 1.52 bits per heavy atom. The SMILES string of the molecule is COc1ccc(C)cc1NC(=O)c1ccc(C(=O)NCc2ccccc2C)cc1. The molecule has 0 radical (unpaired) electrons. The van der Waals surface area contributed by atoms with E-state index in [9.17, 15) is 9.59 Å². The first-order chi connectivity index (χ1) is 14.0. The standard InChI is InChI=1S/C24H24N2O3/c1-16-8-13-22(29-3)21(14-16)26-24(28)19-11-9-18(10-12-19)23(27)25-15-20-7-5-4-6-17(20)2/h4-14H,15H2,1-3H3,(H,25,27)(H,26,28). The number of aryl methyl sites for hydroxylation is 2. The molecular weight excluding hydrogens is 364 g/mol. The van der Waals surface area contributed by atoms with Crippen molar-refractivity contribution in [2.75, 3.05) is 12.4 Å². The number of ether oxygens (including phenoxy) is 1. The Morgan fingerprint density at radius 3 is 2.17 bits per heavy atom. The zero-order valence-corrected chi connectivity index (χ0v) is 16.8. The highest BCUT2D eigenvalue weighted by molar-refractivity contribution is 6.05. The minimum absolute atomic E-state index is 0.180. The Hall–Kier alpha value is -3.60. The maximum atomic E-state index is 12.6. The molecule has 5 nitrogen and oxygen atoms in total. The fourth-order valence-corrected chi connectivity index (χ4v) is 2.97. The van der Waals surface area contributed by atoms with Crippen LogP contribution in [0.5, 0.6) is 5.75 Å². The monoisotopic (exact) mass is 388 g/mol. The number of hydrogen-bond acceptors (Lipinski definition) is 3. The van der Waals surface area contributed by atoms with Crippen LogP contribution in [0.25, 0.3) is 0 Å². The molecule has 0 aliphatic heterocycles. The van der Waals surface area contributed by atoms with Gasteiger partial charge in [-0.3, -0.25) is 9.59 Å². The molecule has 29 heavy (non-hydrogen) atoms. The first kappa shape index (κ1) is 20.1. The van der Waals surface area contributed by atoms with E-state index >= 15 is 0 Å². The fourth-order valence-electron chi connectivity index (χ4n) is 2.97. The van der Waals surface area contributed by atoms with E-state index in [0.29, 0.717) is 29.1 Å². The van der Waals surface area contributed by atoms with Gasteiger partial charge in [0.25, 0.3) is 11.8 Å². The lowest BCUT2D eigenvalue weighted by Crippen LogP contribution is -2.23. The molecule has 2 N–H and O–H groups in total. The third kappa shape index (κ3) is 5.02. The highest BCUT2D eigenvalue weighted by Crippen LogP contribution is 2.25. The molecule has 0 unspecified atom stereocenters. The minimum Gasteiger partial charge on any atom is -0.495 e. The number of benzene rings is 3. The quantitative estimate of drug-likeness (QED) is 0.654. The smallest absolute Gasteiger partial charge is 0.255 e. The average molecular weight is 388 g/mol. The summed E-state index contributed by atoms with van der Waals surface area (Å²) in [5.74, 6) is 0.150. The van der Waals surface area contributed by atoms with Gasteiger partial charge in [-0.15, -0.1) is 0 Å². The summed E-state index contributed by atoms with van der Waals surface area (Å²) in [4.78, 5) is 24.9. The summed E-state index contributed by atoms with van der Waals surface area (Å²) in [6.45, 7) is 4.42. The van der Waals surface area contributed by atoms with Gasteiger partial charge >= 0.3 is 0 Å². The molecule has 2 amide bonds. The largest absolute Gasteiger partial charge is 0.495 e. The van der Waals surface area contributed by atoms with Crippen LogP contribution in [0.2, 0.25) is 0 Å². The Balaban J connectivity index is 1.65. The molecule has 0 aromatic heterocycles. The van der Waals surface area contributed by atoms with Crippen molar-refractivity contribution in [2.24, 2.45) is 0 Å². The fraction of sp³-hybridized carbons (Fsp3) is 0.167. The molecule has 3 rings (SSSR count). The lowest BCUT2D eigenvalue weighted by Gasteiger charge is -2.11. The second-order valence-electron chi connectivity index (χ2n) is 6.84. The highest BCUT2D eigenvalue weighted by Gasteiger charge is 2.12. The van der Waals surface area contributed by atoms with Gasteiger partial charge in [-0.1, -0.05) is 30.3 Å². The van der Waals surface area contributed by atoms with E-state index in [4.69, 9.17) is 4.74 Å². The van der Waals surface area contributed by atoms with Crippen LogP contribution < -0.4 is 15.4 Å². The Labute approximate surface area is 170 Å². The molecule has 0 saturated heterocycles. The zero-order valence-electron chi connectivity index (χ0n) is 16.8. The minimum atomic E-state index is -0.263. The normalized spacial score (nSPS) is 10.3. The van der Waals surface area contributed by atoms with Crippen LogP contribution in [0.1, 0.15) is 37.4 Å². The van der Waals surface area contributed by atoms with Crippen molar-refractivity contribution in [3.63, 3.8) is 0 Å². The zero-order chi connectivity index (χ0) is 20.8. The van der Waals surface area contributed by atoms with Crippen LogP contribution in [0.15, 0.2) is 66.7 Å². The van der Waals surface area contributed by atoms with E-state index in [1.165, 1.54) is 0 Å². The molecule has 0 heterocycles. The van der Waals surface area contributed by atoms with E-state index in [1.54, 1.807) is 31.4 Å². The second kappa shape index (κ2) is 9.06. The Kier molecular flexibility index (Phi) is 6.29. The molecule has 0 saturated carbocycles. The summed E-state index contributed by atoms with van der Waals surface area (Å²) in [7, 11) is 1.56. The Morgan fingerprint density at radius 1 is 0.862 bits per heavy atom. The summed E-state index contributed by atoms with van der Waals surface area (Å²) in [5.41, 5.74) is 4.79. The number of carbonyl (C=O) groups excluding carboxylic acids is 2. The molecule has 148 valence electrons. The molecule has 0 aliphatic rings. The van der Waals surface area contributed by atoms with Crippen molar-refractivity contribution >= 4 is 17.5 Å². The van der Waals surface area contributed by atoms with E-state index in [1.807, 2.05) is 56.3 Å². The number of anilines is 1. The van der Waals surface area contributed by atoms with Crippen LogP contribution in [0.4, 0.5) is 5.69 Å².